The first-order chi connectivity index (χ1) is 9.80. The highest BCUT2D eigenvalue weighted by atomic mass is 32.2. The number of carboxylic acids is 1. The minimum Gasteiger partial charge on any atom is -0.481 e. The third-order valence-electron chi connectivity index (χ3n) is 3.25. The number of carbonyl (C=O) groups is 1. The predicted molar refractivity (Wildman–Crippen MR) is 77.4 cm³/mol. The van der Waals surface area contributed by atoms with E-state index in [1.807, 2.05) is 0 Å². The molecule has 0 aliphatic heterocycles. The number of aliphatic carboxylic acids is 1. The average Bonchev–Trinajstić information content (AvgIpc) is 2.88. The number of pyridine rings is 1. The molecule has 7 nitrogen and oxygen atoms in total. The Labute approximate surface area is 123 Å². The molecular weight excluding hydrogens is 294 g/mol. The molecule has 21 heavy (non-hydrogen) atoms. The summed E-state index contributed by atoms with van der Waals surface area (Å²) in [5.41, 5.74) is 0. The van der Waals surface area contributed by atoms with Crippen LogP contribution in [0.4, 0.5) is 5.82 Å². The lowest BCUT2D eigenvalue weighted by molar-refractivity contribution is -0.140. The van der Waals surface area contributed by atoms with Crippen LogP contribution in [0.3, 0.4) is 0 Å². The van der Waals surface area contributed by atoms with Crippen LogP contribution < -0.4 is 5.32 Å². The van der Waals surface area contributed by atoms with E-state index in [1.54, 1.807) is 18.2 Å². The monoisotopic (exact) mass is 311 g/mol. The second kappa shape index (κ2) is 5.82. The van der Waals surface area contributed by atoms with Gasteiger partial charge < -0.3 is 10.4 Å². The number of aromatic nitrogens is 1. The largest absolute Gasteiger partial charge is 0.481 e. The van der Waals surface area contributed by atoms with Crippen LogP contribution in [0.15, 0.2) is 35.4 Å². The maximum absolute atomic E-state index is 11.9. The molecule has 114 valence electrons. The first-order valence-corrected chi connectivity index (χ1v) is 7.81. The van der Waals surface area contributed by atoms with Crippen LogP contribution in [0, 0.1) is 5.92 Å². The molecule has 1 aliphatic carbocycles. The smallest absolute Gasteiger partial charge is 0.310 e. The van der Waals surface area contributed by atoms with Crippen molar-refractivity contribution in [2.75, 3.05) is 19.4 Å². The quantitative estimate of drug-likeness (QED) is 0.779. The van der Waals surface area contributed by atoms with Crippen molar-refractivity contribution in [1.82, 2.24) is 9.29 Å². The Morgan fingerprint density at radius 3 is 2.57 bits per heavy atom. The summed E-state index contributed by atoms with van der Waals surface area (Å²) >= 11 is 0. The Kier molecular flexibility index (Phi) is 4.29. The summed E-state index contributed by atoms with van der Waals surface area (Å²) in [5, 5.41) is 12.0. The molecule has 8 heteroatoms. The fourth-order valence-electron chi connectivity index (χ4n) is 2.01. The Bertz CT molecular complexity index is 652. The number of sulfonamides is 1. The van der Waals surface area contributed by atoms with E-state index in [-0.39, 0.29) is 10.9 Å². The van der Waals surface area contributed by atoms with Gasteiger partial charge in [0.05, 0.1) is 5.92 Å². The van der Waals surface area contributed by atoms with E-state index in [0.717, 1.165) is 4.31 Å². The van der Waals surface area contributed by atoms with Gasteiger partial charge in [-0.05, 0) is 18.6 Å². The van der Waals surface area contributed by atoms with Gasteiger partial charge in [-0.15, -0.1) is 0 Å². The molecule has 2 rings (SSSR count). The van der Waals surface area contributed by atoms with Gasteiger partial charge in [-0.2, -0.15) is 0 Å². The third kappa shape index (κ3) is 3.40. The van der Waals surface area contributed by atoms with Crippen LogP contribution in [0.25, 0.3) is 0 Å². The Hall–Kier alpha value is -1.93. The van der Waals surface area contributed by atoms with Crippen LogP contribution in [0.1, 0.15) is 6.42 Å². The third-order valence-corrected chi connectivity index (χ3v) is 5.05. The minimum atomic E-state index is -3.49. The molecule has 0 fully saturated rings. The zero-order valence-electron chi connectivity index (χ0n) is 11.7. The number of anilines is 1. The zero-order valence-corrected chi connectivity index (χ0v) is 12.5. The van der Waals surface area contributed by atoms with Gasteiger partial charge in [-0.25, -0.2) is 17.7 Å². The maximum Gasteiger partial charge on any atom is 0.310 e. The van der Waals surface area contributed by atoms with E-state index in [9.17, 15) is 13.2 Å². The average molecular weight is 311 g/mol. The summed E-state index contributed by atoms with van der Waals surface area (Å²) in [4.78, 5) is 15.0. The summed E-state index contributed by atoms with van der Waals surface area (Å²) in [7, 11) is -0.579. The summed E-state index contributed by atoms with van der Waals surface area (Å²) in [6, 6.07) is 2.92. The molecule has 1 heterocycles. The zero-order chi connectivity index (χ0) is 15.6. The topological polar surface area (TPSA) is 99.6 Å². The van der Waals surface area contributed by atoms with Crippen molar-refractivity contribution in [3.63, 3.8) is 0 Å². The maximum atomic E-state index is 11.9. The van der Waals surface area contributed by atoms with Crippen LogP contribution in [0.5, 0.6) is 0 Å². The SMILES string of the molecule is CN(C)S(=O)(=O)c1ccc(NC2C=CC(C(=O)O)C2)nc1. The first-order valence-electron chi connectivity index (χ1n) is 6.37. The van der Waals surface area contributed by atoms with Gasteiger partial charge in [-0.1, -0.05) is 12.2 Å². The summed E-state index contributed by atoms with van der Waals surface area (Å²) in [6.07, 6.45) is 5.16. The van der Waals surface area contributed by atoms with Gasteiger partial charge in [0.15, 0.2) is 0 Å². The Morgan fingerprint density at radius 1 is 1.38 bits per heavy atom. The normalized spacial score (nSPS) is 21.7. The molecule has 0 aromatic carbocycles. The number of nitrogens with one attached hydrogen (secondary N) is 1. The number of nitrogens with zero attached hydrogens (tertiary/aromatic N) is 2. The predicted octanol–water partition coefficient (Wildman–Crippen LogP) is 0.773. The standard InChI is InChI=1S/C13H17N3O4S/c1-16(2)21(19,20)11-5-6-12(14-8-11)15-10-4-3-9(7-10)13(17)18/h3-6,8-10H,7H2,1-2H3,(H,14,15)(H,17,18). The van der Waals surface area contributed by atoms with Gasteiger partial charge in [0.2, 0.25) is 10.0 Å². The molecule has 2 unspecified atom stereocenters. The van der Waals surface area contributed by atoms with Gasteiger partial charge in [-0.3, -0.25) is 4.79 Å². The molecule has 2 N–H and O–H groups in total. The highest BCUT2D eigenvalue weighted by Gasteiger charge is 2.24. The molecule has 1 aromatic rings. The van der Waals surface area contributed by atoms with Crippen molar-refractivity contribution in [3.8, 4) is 0 Å². The summed E-state index contributed by atoms with van der Waals surface area (Å²) < 4.78 is 24.9. The molecule has 0 amide bonds. The van der Waals surface area contributed by atoms with E-state index in [1.165, 1.54) is 26.4 Å². The number of hydrogen-bond acceptors (Lipinski definition) is 5. The number of hydrogen-bond donors (Lipinski definition) is 2. The van der Waals surface area contributed by atoms with Gasteiger partial charge in [0.1, 0.15) is 10.7 Å². The summed E-state index contributed by atoms with van der Waals surface area (Å²) in [5.74, 6) is -0.833. The second-order valence-electron chi connectivity index (χ2n) is 4.98. The molecule has 0 bridgehead atoms. The number of rotatable bonds is 5. The van der Waals surface area contributed by atoms with Crippen LogP contribution in [-0.4, -0.2) is 48.9 Å². The lowest BCUT2D eigenvalue weighted by Gasteiger charge is -2.14. The van der Waals surface area contributed by atoms with Gasteiger partial charge in [0.25, 0.3) is 0 Å². The Balaban J connectivity index is 2.05. The van der Waals surface area contributed by atoms with Crippen LogP contribution in [0.2, 0.25) is 0 Å². The fourth-order valence-corrected chi connectivity index (χ4v) is 2.86. The van der Waals surface area contributed by atoms with E-state index < -0.39 is 21.9 Å². The summed E-state index contributed by atoms with van der Waals surface area (Å²) in [6.45, 7) is 0. The van der Waals surface area contributed by atoms with Crippen molar-refractivity contribution in [2.24, 2.45) is 5.92 Å². The molecule has 0 saturated heterocycles. The van der Waals surface area contributed by atoms with Gasteiger partial charge in [0, 0.05) is 26.3 Å². The minimum absolute atomic E-state index is 0.114. The lowest BCUT2D eigenvalue weighted by atomic mass is 10.1. The molecular formula is C13H17N3O4S. The molecule has 0 radical (unpaired) electrons. The molecule has 0 saturated carbocycles. The van der Waals surface area contributed by atoms with Crippen molar-refractivity contribution >= 4 is 21.8 Å². The molecule has 0 spiro atoms. The van der Waals surface area contributed by atoms with E-state index >= 15 is 0 Å². The molecule has 1 aromatic heterocycles. The van der Waals surface area contributed by atoms with Gasteiger partial charge >= 0.3 is 5.97 Å². The Morgan fingerprint density at radius 2 is 2.10 bits per heavy atom. The van der Waals surface area contributed by atoms with Crippen molar-refractivity contribution in [2.45, 2.75) is 17.4 Å². The van der Waals surface area contributed by atoms with Crippen LogP contribution in [-0.2, 0) is 14.8 Å². The van der Waals surface area contributed by atoms with Crippen molar-refractivity contribution in [1.29, 1.82) is 0 Å². The second-order valence-corrected chi connectivity index (χ2v) is 7.13. The van der Waals surface area contributed by atoms with Crippen molar-refractivity contribution < 1.29 is 18.3 Å². The lowest BCUT2D eigenvalue weighted by Crippen LogP contribution is -2.23. The van der Waals surface area contributed by atoms with E-state index in [0.29, 0.717) is 12.2 Å². The highest BCUT2D eigenvalue weighted by Crippen LogP contribution is 2.21. The van der Waals surface area contributed by atoms with Crippen molar-refractivity contribution in [3.05, 3.63) is 30.5 Å². The number of carboxylic acid groups (broad SMARTS) is 1. The van der Waals surface area contributed by atoms with Crippen LogP contribution >= 0.6 is 0 Å². The highest BCUT2D eigenvalue weighted by molar-refractivity contribution is 7.89. The molecule has 1 aliphatic rings. The first kappa shape index (κ1) is 15.5. The molecule has 2 atom stereocenters. The van der Waals surface area contributed by atoms with E-state index in [4.69, 9.17) is 5.11 Å². The van der Waals surface area contributed by atoms with E-state index in [2.05, 4.69) is 10.3 Å². The fraction of sp³-hybridized carbons (Fsp3) is 0.385.